The third-order valence-corrected chi connectivity index (χ3v) is 3.91. The Bertz CT molecular complexity index is 192. The predicted octanol–water partition coefficient (Wildman–Crippen LogP) is 4.55. The van der Waals surface area contributed by atoms with E-state index in [0.29, 0.717) is 10.8 Å². The zero-order chi connectivity index (χ0) is 11.2. The smallest absolute Gasteiger partial charge is 0.0109 e. The van der Waals surface area contributed by atoms with Crippen molar-refractivity contribution < 1.29 is 0 Å². The second-order valence-electron chi connectivity index (χ2n) is 7.31. The molecule has 84 valence electrons. The first kappa shape index (κ1) is 12.4. The predicted molar refractivity (Wildman–Crippen MR) is 68.0 cm³/mol. The molecule has 0 aromatic carbocycles. The average Bonchev–Trinajstić information content (AvgIpc) is 1.76. The minimum Gasteiger partial charge on any atom is -0.173 e. The Morgan fingerprint density at radius 2 is 1.57 bits per heavy atom. The summed E-state index contributed by atoms with van der Waals surface area (Å²) in [5.74, 6) is 0.814. The summed E-state index contributed by atoms with van der Waals surface area (Å²) < 4.78 is 0.236. The normalized spacial score (nSPS) is 38.4. The van der Waals surface area contributed by atoms with E-state index in [1.165, 1.54) is 19.3 Å². The van der Waals surface area contributed by atoms with Gasteiger partial charge in [0, 0.05) is 4.75 Å². The minimum absolute atomic E-state index is 0.236. The van der Waals surface area contributed by atoms with Gasteiger partial charge in [-0.05, 0) is 36.0 Å². The maximum absolute atomic E-state index is 4.82. The first-order valence-electron chi connectivity index (χ1n) is 5.74. The van der Waals surface area contributed by atoms with Crippen molar-refractivity contribution in [3.8, 4) is 0 Å². The lowest BCUT2D eigenvalue weighted by Crippen LogP contribution is -2.41. The van der Waals surface area contributed by atoms with Crippen molar-refractivity contribution in [3.05, 3.63) is 0 Å². The van der Waals surface area contributed by atoms with Gasteiger partial charge in [0.1, 0.15) is 0 Å². The first-order valence-corrected chi connectivity index (χ1v) is 6.19. The summed E-state index contributed by atoms with van der Waals surface area (Å²) >= 11 is 4.82. The van der Waals surface area contributed by atoms with Gasteiger partial charge in [0.25, 0.3) is 0 Å². The van der Waals surface area contributed by atoms with E-state index in [1.54, 1.807) is 0 Å². The van der Waals surface area contributed by atoms with Crippen LogP contribution in [0.2, 0.25) is 0 Å². The van der Waals surface area contributed by atoms with Gasteiger partial charge in [0.15, 0.2) is 0 Å². The van der Waals surface area contributed by atoms with Gasteiger partial charge in [-0.1, -0.05) is 41.5 Å². The standard InChI is InChI=1S/C13H26S/c1-11(2,3)10-7-12(4,5)9-13(6,14)8-10/h10,14H,7-9H2,1-6H3. The molecule has 0 amide bonds. The second-order valence-corrected chi connectivity index (χ2v) is 8.39. The van der Waals surface area contributed by atoms with Gasteiger partial charge in [0.2, 0.25) is 0 Å². The van der Waals surface area contributed by atoms with Gasteiger partial charge in [0.05, 0.1) is 0 Å². The summed E-state index contributed by atoms with van der Waals surface area (Å²) in [7, 11) is 0. The molecule has 14 heavy (non-hydrogen) atoms. The third kappa shape index (κ3) is 3.18. The summed E-state index contributed by atoms with van der Waals surface area (Å²) in [6.07, 6.45) is 3.87. The molecule has 0 saturated heterocycles. The molecule has 0 N–H and O–H groups in total. The highest BCUT2D eigenvalue weighted by atomic mass is 32.1. The van der Waals surface area contributed by atoms with Crippen LogP contribution in [0, 0.1) is 16.7 Å². The number of hydrogen-bond donors (Lipinski definition) is 1. The SMILES string of the molecule is CC1(C)CC(C(C)(C)C)CC(C)(S)C1. The minimum atomic E-state index is 0.236. The first-order chi connectivity index (χ1) is 6.02. The molecule has 2 atom stereocenters. The zero-order valence-electron chi connectivity index (χ0n) is 10.6. The Kier molecular flexibility index (Phi) is 3.05. The lowest BCUT2D eigenvalue weighted by molar-refractivity contribution is 0.0766. The van der Waals surface area contributed by atoms with Crippen molar-refractivity contribution in [1.82, 2.24) is 0 Å². The highest BCUT2D eigenvalue weighted by molar-refractivity contribution is 7.81. The summed E-state index contributed by atoms with van der Waals surface area (Å²) in [5, 5.41) is 0. The second kappa shape index (κ2) is 3.43. The molecule has 0 aliphatic heterocycles. The number of rotatable bonds is 0. The fourth-order valence-corrected chi connectivity index (χ4v) is 3.71. The molecule has 0 radical (unpaired) electrons. The van der Waals surface area contributed by atoms with Gasteiger partial charge in [-0.2, -0.15) is 12.6 Å². The molecule has 0 spiro atoms. The van der Waals surface area contributed by atoms with E-state index in [4.69, 9.17) is 12.6 Å². The molecule has 1 aliphatic carbocycles. The van der Waals surface area contributed by atoms with Crippen LogP contribution in [0.5, 0.6) is 0 Å². The fraction of sp³-hybridized carbons (Fsp3) is 1.00. The molecule has 1 aliphatic rings. The number of thiol groups is 1. The van der Waals surface area contributed by atoms with E-state index in [1.807, 2.05) is 0 Å². The van der Waals surface area contributed by atoms with Gasteiger partial charge in [-0.3, -0.25) is 0 Å². The lowest BCUT2D eigenvalue weighted by atomic mass is 9.61. The Hall–Kier alpha value is 0.350. The third-order valence-electron chi connectivity index (χ3n) is 3.57. The van der Waals surface area contributed by atoms with Crippen molar-refractivity contribution in [3.63, 3.8) is 0 Å². The number of hydrogen-bond acceptors (Lipinski definition) is 1. The molecule has 0 aromatic heterocycles. The van der Waals surface area contributed by atoms with E-state index in [0.717, 1.165) is 5.92 Å². The molecular weight excluding hydrogens is 188 g/mol. The monoisotopic (exact) mass is 214 g/mol. The Labute approximate surface area is 95.3 Å². The maximum Gasteiger partial charge on any atom is 0.0109 e. The van der Waals surface area contributed by atoms with Crippen molar-refractivity contribution >= 4 is 12.6 Å². The van der Waals surface area contributed by atoms with E-state index >= 15 is 0 Å². The zero-order valence-corrected chi connectivity index (χ0v) is 11.5. The molecule has 0 nitrogen and oxygen atoms in total. The van der Waals surface area contributed by atoms with Gasteiger partial charge < -0.3 is 0 Å². The van der Waals surface area contributed by atoms with Crippen LogP contribution in [0.1, 0.15) is 60.8 Å². The summed E-state index contributed by atoms with van der Waals surface area (Å²) in [6, 6.07) is 0. The van der Waals surface area contributed by atoms with E-state index in [2.05, 4.69) is 41.5 Å². The molecule has 1 rings (SSSR count). The van der Waals surface area contributed by atoms with Crippen LogP contribution in [0.25, 0.3) is 0 Å². The fourth-order valence-electron chi connectivity index (χ4n) is 3.06. The summed E-state index contributed by atoms with van der Waals surface area (Å²) in [5.41, 5.74) is 0.897. The largest absolute Gasteiger partial charge is 0.173 e. The van der Waals surface area contributed by atoms with Crippen LogP contribution in [0.15, 0.2) is 0 Å². The van der Waals surface area contributed by atoms with E-state index in [-0.39, 0.29) is 4.75 Å². The Morgan fingerprint density at radius 1 is 1.07 bits per heavy atom. The lowest BCUT2D eigenvalue weighted by Gasteiger charge is -2.48. The Balaban J connectivity index is 2.82. The van der Waals surface area contributed by atoms with Crippen LogP contribution in [-0.4, -0.2) is 4.75 Å². The highest BCUT2D eigenvalue weighted by Gasteiger charge is 2.42. The van der Waals surface area contributed by atoms with Crippen LogP contribution in [0.3, 0.4) is 0 Å². The Morgan fingerprint density at radius 3 is 1.93 bits per heavy atom. The van der Waals surface area contributed by atoms with Crippen LogP contribution in [-0.2, 0) is 0 Å². The van der Waals surface area contributed by atoms with Crippen LogP contribution < -0.4 is 0 Å². The quantitative estimate of drug-likeness (QED) is 0.562. The van der Waals surface area contributed by atoms with Crippen LogP contribution in [0.4, 0.5) is 0 Å². The molecule has 0 aromatic rings. The molecule has 1 fully saturated rings. The van der Waals surface area contributed by atoms with Gasteiger partial charge >= 0.3 is 0 Å². The molecule has 0 bridgehead atoms. The molecular formula is C13H26S. The van der Waals surface area contributed by atoms with E-state index < -0.39 is 0 Å². The van der Waals surface area contributed by atoms with Crippen molar-refractivity contribution in [1.29, 1.82) is 0 Å². The maximum atomic E-state index is 4.82. The topological polar surface area (TPSA) is 0 Å². The molecule has 2 unspecified atom stereocenters. The van der Waals surface area contributed by atoms with Crippen LogP contribution >= 0.6 is 12.6 Å². The van der Waals surface area contributed by atoms with Gasteiger partial charge in [-0.25, -0.2) is 0 Å². The van der Waals surface area contributed by atoms with Crippen molar-refractivity contribution in [2.24, 2.45) is 16.7 Å². The molecule has 0 heterocycles. The highest BCUT2D eigenvalue weighted by Crippen LogP contribution is 2.51. The van der Waals surface area contributed by atoms with Gasteiger partial charge in [-0.15, -0.1) is 0 Å². The summed E-state index contributed by atoms with van der Waals surface area (Å²) in [4.78, 5) is 0. The molecule has 1 saturated carbocycles. The van der Waals surface area contributed by atoms with E-state index in [9.17, 15) is 0 Å². The van der Waals surface area contributed by atoms with Crippen molar-refractivity contribution in [2.45, 2.75) is 65.6 Å². The van der Waals surface area contributed by atoms with Crippen molar-refractivity contribution in [2.75, 3.05) is 0 Å². The molecule has 1 heteroatoms. The summed E-state index contributed by atoms with van der Waals surface area (Å²) in [6.45, 7) is 14.2. The average molecular weight is 214 g/mol.